The topological polar surface area (TPSA) is 58.2 Å². The summed E-state index contributed by atoms with van der Waals surface area (Å²) in [5.74, 6) is -0.0884. The molecule has 0 bridgehead atoms. The fraction of sp³-hybridized carbons (Fsp3) is 0.273. The third-order valence-corrected chi connectivity index (χ3v) is 1.91. The molecule has 0 radical (unpaired) electrons. The van der Waals surface area contributed by atoms with Crippen LogP contribution < -0.4 is 10.6 Å². The lowest BCUT2D eigenvalue weighted by Crippen LogP contribution is -2.23. The van der Waals surface area contributed by atoms with Crippen molar-refractivity contribution in [2.45, 2.75) is 13.3 Å². The van der Waals surface area contributed by atoms with Crippen molar-refractivity contribution < 1.29 is 9.59 Å². The quantitative estimate of drug-likeness (QED) is 0.715. The molecular weight excluding hydrogens is 192 g/mol. The first kappa shape index (κ1) is 11.2. The van der Waals surface area contributed by atoms with Crippen molar-refractivity contribution in [2.24, 2.45) is 0 Å². The normalized spacial score (nSPS) is 9.40. The Morgan fingerprint density at radius 1 is 1.33 bits per heavy atom. The summed E-state index contributed by atoms with van der Waals surface area (Å²) in [4.78, 5) is 21.6. The van der Waals surface area contributed by atoms with Crippen LogP contribution in [-0.4, -0.2) is 18.9 Å². The number of nitrogens with one attached hydrogen (secondary N) is 2. The van der Waals surface area contributed by atoms with Crippen LogP contribution in [0.15, 0.2) is 24.3 Å². The van der Waals surface area contributed by atoms with Crippen LogP contribution in [0.4, 0.5) is 5.69 Å². The lowest BCUT2D eigenvalue weighted by atomic mass is 10.2. The molecule has 0 aromatic heterocycles. The minimum absolute atomic E-state index is 0.0884. The van der Waals surface area contributed by atoms with Crippen LogP contribution in [0.5, 0.6) is 0 Å². The van der Waals surface area contributed by atoms with Crippen LogP contribution in [-0.2, 0) is 4.79 Å². The summed E-state index contributed by atoms with van der Waals surface area (Å²) in [5, 5.41) is 5.28. The Balaban J connectivity index is 2.62. The Kier molecular flexibility index (Phi) is 4.34. The van der Waals surface area contributed by atoms with E-state index in [1.165, 1.54) is 0 Å². The zero-order chi connectivity index (χ0) is 11.1. The number of rotatable bonds is 5. The number of benzene rings is 1. The lowest BCUT2D eigenvalue weighted by Gasteiger charge is -2.04. The predicted octanol–water partition coefficient (Wildman–Crippen LogP) is 1.39. The van der Waals surface area contributed by atoms with Gasteiger partial charge < -0.3 is 10.6 Å². The fourth-order valence-electron chi connectivity index (χ4n) is 1.13. The number of carbonyl (C=O) groups is 2. The molecule has 0 fully saturated rings. The van der Waals surface area contributed by atoms with Gasteiger partial charge in [0, 0.05) is 17.8 Å². The van der Waals surface area contributed by atoms with Gasteiger partial charge in [-0.15, -0.1) is 0 Å². The first-order chi connectivity index (χ1) is 7.27. The molecular formula is C11H14N2O2. The van der Waals surface area contributed by atoms with E-state index in [1.807, 2.05) is 6.92 Å². The molecule has 0 atom stereocenters. The molecule has 0 aliphatic rings. The van der Waals surface area contributed by atoms with Gasteiger partial charge in [0.15, 0.2) is 0 Å². The van der Waals surface area contributed by atoms with E-state index in [0.29, 0.717) is 24.2 Å². The Bertz CT molecular complexity index is 333. The molecule has 4 heteroatoms. The Hall–Kier alpha value is -1.84. The number of carbonyl (C=O) groups excluding carboxylic acids is 2. The van der Waals surface area contributed by atoms with E-state index in [4.69, 9.17) is 0 Å². The zero-order valence-electron chi connectivity index (χ0n) is 8.62. The van der Waals surface area contributed by atoms with Crippen LogP contribution in [0.2, 0.25) is 0 Å². The highest BCUT2D eigenvalue weighted by Crippen LogP contribution is 2.08. The summed E-state index contributed by atoms with van der Waals surface area (Å²) < 4.78 is 0. The minimum Gasteiger partial charge on any atom is -0.352 e. The fourth-order valence-corrected chi connectivity index (χ4v) is 1.13. The number of hydrogen-bond donors (Lipinski definition) is 2. The van der Waals surface area contributed by atoms with Gasteiger partial charge in [-0.25, -0.2) is 0 Å². The van der Waals surface area contributed by atoms with Crippen molar-refractivity contribution in [3.05, 3.63) is 29.8 Å². The van der Waals surface area contributed by atoms with E-state index < -0.39 is 0 Å². The van der Waals surface area contributed by atoms with E-state index in [0.717, 1.165) is 6.42 Å². The standard InChI is InChI=1S/C11H14N2O2/c1-2-7-12-11(15)9-3-5-10(6-4-9)13-8-14/h3-6,8H,2,7H2,1H3,(H,12,15)(H,13,14). The molecule has 1 rings (SSSR count). The highest BCUT2D eigenvalue weighted by Gasteiger charge is 2.03. The highest BCUT2D eigenvalue weighted by molar-refractivity contribution is 5.94. The Labute approximate surface area is 88.7 Å². The second kappa shape index (κ2) is 5.80. The summed E-state index contributed by atoms with van der Waals surface area (Å²) in [5.41, 5.74) is 1.27. The van der Waals surface area contributed by atoms with Crippen LogP contribution in [0, 0.1) is 0 Å². The van der Waals surface area contributed by atoms with Gasteiger partial charge in [0.2, 0.25) is 6.41 Å². The number of hydrogen-bond acceptors (Lipinski definition) is 2. The molecule has 2 N–H and O–H groups in total. The van der Waals surface area contributed by atoms with Crippen LogP contribution in [0.3, 0.4) is 0 Å². The van der Waals surface area contributed by atoms with Crippen molar-refractivity contribution in [2.75, 3.05) is 11.9 Å². The SMILES string of the molecule is CCCNC(=O)c1ccc(NC=O)cc1. The maximum Gasteiger partial charge on any atom is 0.251 e. The first-order valence-electron chi connectivity index (χ1n) is 4.86. The third-order valence-electron chi connectivity index (χ3n) is 1.91. The van der Waals surface area contributed by atoms with Crippen molar-refractivity contribution >= 4 is 18.0 Å². The van der Waals surface area contributed by atoms with Gasteiger partial charge in [-0.05, 0) is 30.7 Å². The van der Waals surface area contributed by atoms with E-state index in [9.17, 15) is 9.59 Å². The molecule has 2 amide bonds. The second-order valence-corrected chi connectivity index (χ2v) is 3.10. The van der Waals surface area contributed by atoms with Crippen LogP contribution >= 0.6 is 0 Å². The van der Waals surface area contributed by atoms with Gasteiger partial charge >= 0.3 is 0 Å². The van der Waals surface area contributed by atoms with Crippen LogP contribution in [0.25, 0.3) is 0 Å². The molecule has 0 spiro atoms. The van der Waals surface area contributed by atoms with Crippen molar-refractivity contribution in [1.29, 1.82) is 0 Å². The van der Waals surface area contributed by atoms with E-state index in [1.54, 1.807) is 24.3 Å². The van der Waals surface area contributed by atoms with Gasteiger partial charge in [0.05, 0.1) is 0 Å². The molecule has 1 aromatic rings. The average Bonchev–Trinajstić information content (AvgIpc) is 2.27. The third kappa shape index (κ3) is 3.42. The Morgan fingerprint density at radius 2 is 2.00 bits per heavy atom. The molecule has 1 aromatic carbocycles. The van der Waals surface area contributed by atoms with Gasteiger partial charge in [0.25, 0.3) is 5.91 Å². The summed E-state index contributed by atoms with van der Waals surface area (Å²) in [6.45, 7) is 2.67. The molecule has 0 saturated carbocycles. The van der Waals surface area contributed by atoms with Crippen molar-refractivity contribution in [1.82, 2.24) is 5.32 Å². The molecule has 4 nitrogen and oxygen atoms in total. The maximum absolute atomic E-state index is 11.5. The van der Waals surface area contributed by atoms with E-state index in [2.05, 4.69) is 10.6 Å². The highest BCUT2D eigenvalue weighted by atomic mass is 16.1. The molecule has 80 valence electrons. The van der Waals surface area contributed by atoms with Crippen molar-refractivity contribution in [3.8, 4) is 0 Å². The molecule has 0 aliphatic heterocycles. The summed E-state index contributed by atoms with van der Waals surface area (Å²) in [6, 6.07) is 6.73. The smallest absolute Gasteiger partial charge is 0.251 e. The number of amides is 2. The lowest BCUT2D eigenvalue weighted by molar-refractivity contribution is -0.105. The molecule has 0 saturated heterocycles. The summed E-state index contributed by atoms with van der Waals surface area (Å²) in [7, 11) is 0. The molecule has 0 unspecified atom stereocenters. The van der Waals surface area contributed by atoms with Crippen molar-refractivity contribution in [3.63, 3.8) is 0 Å². The molecule has 0 heterocycles. The van der Waals surface area contributed by atoms with Gasteiger partial charge in [-0.1, -0.05) is 6.92 Å². The average molecular weight is 206 g/mol. The first-order valence-corrected chi connectivity index (χ1v) is 4.86. The monoisotopic (exact) mass is 206 g/mol. The zero-order valence-corrected chi connectivity index (χ0v) is 8.62. The van der Waals surface area contributed by atoms with Gasteiger partial charge in [-0.3, -0.25) is 9.59 Å². The molecule has 0 aliphatic carbocycles. The van der Waals surface area contributed by atoms with Gasteiger partial charge in [-0.2, -0.15) is 0 Å². The van der Waals surface area contributed by atoms with Crippen LogP contribution in [0.1, 0.15) is 23.7 Å². The second-order valence-electron chi connectivity index (χ2n) is 3.10. The predicted molar refractivity (Wildman–Crippen MR) is 58.8 cm³/mol. The summed E-state index contributed by atoms with van der Waals surface area (Å²) in [6.07, 6.45) is 1.52. The molecule has 15 heavy (non-hydrogen) atoms. The van der Waals surface area contributed by atoms with Gasteiger partial charge in [0.1, 0.15) is 0 Å². The van der Waals surface area contributed by atoms with E-state index >= 15 is 0 Å². The Morgan fingerprint density at radius 3 is 2.53 bits per heavy atom. The summed E-state index contributed by atoms with van der Waals surface area (Å²) >= 11 is 0. The minimum atomic E-state index is -0.0884. The van der Waals surface area contributed by atoms with E-state index in [-0.39, 0.29) is 5.91 Å². The largest absolute Gasteiger partial charge is 0.352 e. The number of anilines is 1. The maximum atomic E-state index is 11.5.